The van der Waals surface area contributed by atoms with Crippen LogP contribution < -0.4 is 0 Å². The van der Waals surface area contributed by atoms with E-state index in [0.29, 0.717) is 44.8 Å². The van der Waals surface area contributed by atoms with Crippen LogP contribution in [-0.2, 0) is 10.0 Å². The van der Waals surface area contributed by atoms with Crippen molar-refractivity contribution in [3.05, 3.63) is 29.8 Å². The van der Waals surface area contributed by atoms with Gasteiger partial charge in [0, 0.05) is 57.9 Å². The predicted molar refractivity (Wildman–Crippen MR) is 122 cm³/mol. The first kappa shape index (κ1) is 23.0. The van der Waals surface area contributed by atoms with Gasteiger partial charge in [-0.15, -0.1) is 0 Å². The smallest absolute Gasteiger partial charge is 0.320 e. The van der Waals surface area contributed by atoms with E-state index in [4.69, 9.17) is 0 Å². The van der Waals surface area contributed by atoms with Gasteiger partial charge in [0.05, 0.1) is 4.90 Å². The fourth-order valence-corrected chi connectivity index (χ4v) is 6.35. The molecule has 0 bridgehead atoms. The van der Waals surface area contributed by atoms with Crippen LogP contribution in [0.5, 0.6) is 0 Å². The Balaban J connectivity index is 1.39. The standard InChI is InChI=1S/C23H34N4O4S/c28-22(24-15-17-26(18-16-24)23(29)25-11-4-3-5-12-25)20-9-8-10-21(19-20)32(30,31)27-13-6-1-2-7-14-27/h8-10,19H,1-7,11-18H2. The molecule has 32 heavy (non-hydrogen) atoms. The Morgan fingerprint density at radius 2 is 1.19 bits per heavy atom. The zero-order valence-corrected chi connectivity index (χ0v) is 19.6. The molecule has 0 atom stereocenters. The van der Waals surface area contributed by atoms with Crippen LogP contribution in [0.2, 0.25) is 0 Å². The summed E-state index contributed by atoms with van der Waals surface area (Å²) in [6.07, 6.45) is 7.14. The second kappa shape index (κ2) is 10.2. The molecule has 0 aromatic heterocycles. The molecule has 3 aliphatic rings. The number of carbonyl (C=O) groups is 2. The first-order valence-corrected chi connectivity index (χ1v) is 13.3. The van der Waals surface area contributed by atoms with Gasteiger partial charge in [-0.2, -0.15) is 4.31 Å². The topological polar surface area (TPSA) is 81.2 Å². The van der Waals surface area contributed by atoms with Crippen molar-refractivity contribution in [2.75, 3.05) is 52.4 Å². The highest BCUT2D eigenvalue weighted by Gasteiger charge is 2.30. The highest BCUT2D eigenvalue weighted by Crippen LogP contribution is 2.22. The Hall–Kier alpha value is -2.13. The van der Waals surface area contributed by atoms with Crippen molar-refractivity contribution in [3.8, 4) is 0 Å². The molecule has 1 aromatic carbocycles. The number of piperidine rings is 1. The highest BCUT2D eigenvalue weighted by molar-refractivity contribution is 7.89. The van der Waals surface area contributed by atoms with E-state index >= 15 is 0 Å². The lowest BCUT2D eigenvalue weighted by molar-refractivity contribution is 0.0632. The molecule has 0 N–H and O–H groups in total. The third kappa shape index (κ3) is 5.09. The van der Waals surface area contributed by atoms with Crippen LogP contribution in [0.4, 0.5) is 4.79 Å². The summed E-state index contributed by atoms with van der Waals surface area (Å²) in [6, 6.07) is 6.48. The summed E-state index contributed by atoms with van der Waals surface area (Å²) in [6.45, 7) is 4.64. The molecule has 176 valence electrons. The molecule has 3 fully saturated rings. The van der Waals surface area contributed by atoms with E-state index < -0.39 is 10.0 Å². The number of likely N-dealkylation sites (tertiary alicyclic amines) is 1. The van der Waals surface area contributed by atoms with Crippen molar-refractivity contribution < 1.29 is 18.0 Å². The molecule has 9 heteroatoms. The van der Waals surface area contributed by atoms with Gasteiger partial charge in [0.1, 0.15) is 0 Å². The van der Waals surface area contributed by atoms with E-state index in [9.17, 15) is 18.0 Å². The number of piperazine rings is 1. The zero-order valence-electron chi connectivity index (χ0n) is 18.7. The molecule has 0 unspecified atom stereocenters. The molecule has 4 rings (SSSR count). The minimum atomic E-state index is -3.60. The van der Waals surface area contributed by atoms with Gasteiger partial charge in [0.2, 0.25) is 10.0 Å². The third-order valence-corrected chi connectivity index (χ3v) is 8.64. The Bertz CT molecular complexity index is 914. The van der Waals surface area contributed by atoms with E-state index in [1.54, 1.807) is 27.4 Å². The van der Waals surface area contributed by atoms with Crippen molar-refractivity contribution in [2.24, 2.45) is 0 Å². The predicted octanol–water partition coefficient (Wildman–Crippen LogP) is 2.62. The maximum absolute atomic E-state index is 13.1. The number of sulfonamides is 1. The first-order chi connectivity index (χ1) is 15.5. The average Bonchev–Trinajstić information content (AvgIpc) is 3.14. The van der Waals surface area contributed by atoms with Gasteiger partial charge in [-0.25, -0.2) is 13.2 Å². The number of hydrogen-bond donors (Lipinski definition) is 0. The van der Waals surface area contributed by atoms with E-state index in [2.05, 4.69) is 0 Å². The van der Waals surface area contributed by atoms with E-state index in [1.807, 2.05) is 9.80 Å². The van der Waals surface area contributed by atoms with Crippen molar-refractivity contribution in [1.82, 2.24) is 19.0 Å². The minimum Gasteiger partial charge on any atom is -0.335 e. The van der Waals surface area contributed by atoms with Gasteiger partial charge in [0.15, 0.2) is 0 Å². The molecule has 1 aromatic rings. The van der Waals surface area contributed by atoms with E-state index in [1.165, 1.54) is 12.5 Å². The quantitative estimate of drug-likeness (QED) is 0.692. The Morgan fingerprint density at radius 1 is 0.656 bits per heavy atom. The average molecular weight is 463 g/mol. The minimum absolute atomic E-state index is 0.0716. The molecular formula is C23H34N4O4S. The van der Waals surface area contributed by atoms with Gasteiger partial charge in [-0.05, 0) is 50.3 Å². The molecule has 3 heterocycles. The number of rotatable bonds is 3. The van der Waals surface area contributed by atoms with Gasteiger partial charge in [-0.3, -0.25) is 4.79 Å². The fourth-order valence-electron chi connectivity index (χ4n) is 4.79. The number of urea groups is 1. The maximum atomic E-state index is 13.1. The number of carbonyl (C=O) groups excluding carboxylic acids is 2. The molecule has 8 nitrogen and oxygen atoms in total. The van der Waals surface area contributed by atoms with E-state index in [-0.39, 0.29) is 16.8 Å². The molecule has 3 aliphatic heterocycles. The molecular weight excluding hydrogens is 428 g/mol. The Labute approximate surface area is 191 Å². The summed E-state index contributed by atoms with van der Waals surface area (Å²) in [5, 5.41) is 0. The molecule has 3 amide bonds. The van der Waals surface area contributed by atoms with Crippen LogP contribution in [0, 0.1) is 0 Å². The SMILES string of the molecule is O=C(c1cccc(S(=O)(=O)N2CCCCCC2)c1)N1CCN(C(=O)N2CCCCC2)CC1. The molecule has 0 spiro atoms. The number of amides is 3. The third-order valence-electron chi connectivity index (χ3n) is 6.75. The molecule has 0 aliphatic carbocycles. The normalized spacial score (nSPS) is 21.3. The van der Waals surface area contributed by atoms with Gasteiger partial charge in [-0.1, -0.05) is 18.9 Å². The fraction of sp³-hybridized carbons (Fsp3) is 0.652. The lowest BCUT2D eigenvalue weighted by Gasteiger charge is -2.38. The first-order valence-electron chi connectivity index (χ1n) is 11.9. The lowest BCUT2D eigenvalue weighted by atomic mass is 10.1. The van der Waals surface area contributed by atoms with Crippen molar-refractivity contribution in [2.45, 2.75) is 49.8 Å². The van der Waals surface area contributed by atoms with E-state index in [0.717, 1.165) is 51.6 Å². The summed E-state index contributed by atoms with van der Waals surface area (Å²) < 4.78 is 27.8. The highest BCUT2D eigenvalue weighted by atomic mass is 32.2. The van der Waals surface area contributed by atoms with Crippen LogP contribution in [0.1, 0.15) is 55.3 Å². The molecule has 0 saturated carbocycles. The summed E-state index contributed by atoms with van der Waals surface area (Å²) in [5.41, 5.74) is 0.386. The molecule has 0 radical (unpaired) electrons. The van der Waals surface area contributed by atoms with Gasteiger partial charge >= 0.3 is 6.03 Å². The maximum Gasteiger partial charge on any atom is 0.320 e. The van der Waals surface area contributed by atoms with Crippen LogP contribution in [-0.4, -0.2) is 91.7 Å². The summed E-state index contributed by atoms with van der Waals surface area (Å²) in [7, 11) is -3.60. The monoisotopic (exact) mass is 462 g/mol. The van der Waals surface area contributed by atoms with Crippen LogP contribution >= 0.6 is 0 Å². The van der Waals surface area contributed by atoms with Crippen molar-refractivity contribution in [1.29, 1.82) is 0 Å². The van der Waals surface area contributed by atoms with Crippen molar-refractivity contribution in [3.63, 3.8) is 0 Å². The zero-order chi connectivity index (χ0) is 22.6. The number of hydrogen-bond acceptors (Lipinski definition) is 4. The second-order valence-electron chi connectivity index (χ2n) is 8.96. The van der Waals surface area contributed by atoms with Crippen LogP contribution in [0.3, 0.4) is 0 Å². The summed E-state index contributed by atoms with van der Waals surface area (Å²) in [4.78, 5) is 31.4. The molecule has 3 saturated heterocycles. The largest absolute Gasteiger partial charge is 0.335 e. The Kier molecular flexibility index (Phi) is 7.35. The van der Waals surface area contributed by atoms with Crippen molar-refractivity contribution >= 4 is 22.0 Å². The van der Waals surface area contributed by atoms with Crippen LogP contribution in [0.25, 0.3) is 0 Å². The summed E-state index contributed by atoms with van der Waals surface area (Å²) in [5.74, 6) is -0.178. The number of benzene rings is 1. The summed E-state index contributed by atoms with van der Waals surface area (Å²) >= 11 is 0. The Morgan fingerprint density at radius 3 is 1.84 bits per heavy atom. The van der Waals surface area contributed by atoms with Gasteiger partial charge < -0.3 is 14.7 Å². The lowest BCUT2D eigenvalue weighted by Crippen LogP contribution is -2.54. The second-order valence-corrected chi connectivity index (χ2v) is 10.9. The number of nitrogens with zero attached hydrogens (tertiary/aromatic N) is 4. The van der Waals surface area contributed by atoms with Gasteiger partial charge in [0.25, 0.3) is 5.91 Å². The van der Waals surface area contributed by atoms with Crippen LogP contribution in [0.15, 0.2) is 29.2 Å².